The Morgan fingerprint density at radius 2 is 1.57 bits per heavy atom. The lowest BCUT2D eigenvalue weighted by molar-refractivity contribution is 0.0921. The molecule has 0 heterocycles. The van der Waals surface area contributed by atoms with Gasteiger partial charge in [0.25, 0.3) is 10.1 Å². The quantitative estimate of drug-likeness (QED) is 0.560. The molecule has 0 fully saturated rings. The molecule has 0 bridgehead atoms. The lowest BCUT2D eigenvalue weighted by atomic mass is 9.87. The van der Waals surface area contributed by atoms with Crippen LogP contribution in [0.2, 0.25) is 0 Å². The summed E-state index contributed by atoms with van der Waals surface area (Å²) in [7, 11) is -3.57. The number of hydrogen-bond acceptors (Lipinski definition) is 4. The average Bonchev–Trinajstić information content (AvgIpc) is 2.44. The molecule has 0 aromatic heterocycles. The van der Waals surface area contributed by atoms with E-state index in [1.54, 1.807) is 32.9 Å². The van der Waals surface area contributed by atoms with E-state index >= 15 is 0 Å². The third-order valence-corrected chi connectivity index (χ3v) is 5.08. The van der Waals surface area contributed by atoms with Crippen LogP contribution < -0.4 is 5.06 Å². The van der Waals surface area contributed by atoms with Gasteiger partial charge < -0.3 is 0 Å². The molecule has 0 unspecified atom stereocenters. The van der Waals surface area contributed by atoms with Crippen molar-refractivity contribution in [3.05, 3.63) is 29.8 Å². The zero-order valence-electron chi connectivity index (χ0n) is 14.9. The molecule has 131 valence electrons. The van der Waals surface area contributed by atoms with Gasteiger partial charge in [-0.1, -0.05) is 38.1 Å². The molecule has 0 amide bonds. The van der Waals surface area contributed by atoms with Gasteiger partial charge in [-0.15, -0.1) is 0 Å². The van der Waals surface area contributed by atoms with E-state index in [1.165, 1.54) is 0 Å². The van der Waals surface area contributed by atoms with Crippen LogP contribution >= 0.6 is 0 Å². The van der Waals surface area contributed by atoms with Crippen molar-refractivity contribution in [2.75, 3.05) is 17.4 Å². The van der Waals surface area contributed by atoms with Crippen LogP contribution in [0.4, 0.5) is 5.69 Å². The van der Waals surface area contributed by atoms with Gasteiger partial charge in [-0.05, 0) is 50.3 Å². The van der Waals surface area contributed by atoms with Gasteiger partial charge in [0.05, 0.1) is 23.6 Å². The molecule has 0 aliphatic rings. The van der Waals surface area contributed by atoms with Crippen LogP contribution in [0.1, 0.15) is 53.5 Å². The van der Waals surface area contributed by atoms with Crippen molar-refractivity contribution in [2.45, 2.75) is 58.9 Å². The zero-order valence-corrected chi connectivity index (χ0v) is 15.7. The van der Waals surface area contributed by atoms with E-state index in [4.69, 9.17) is 4.18 Å². The van der Waals surface area contributed by atoms with Gasteiger partial charge in [0.2, 0.25) is 0 Å². The molecular weight excluding hydrogens is 314 g/mol. The predicted molar refractivity (Wildman–Crippen MR) is 92.4 cm³/mol. The van der Waals surface area contributed by atoms with E-state index in [0.717, 1.165) is 10.6 Å². The summed E-state index contributed by atoms with van der Waals surface area (Å²) in [6.07, 6.45) is 0.194. The lowest BCUT2D eigenvalue weighted by Crippen LogP contribution is -2.42. The van der Waals surface area contributed by atoms with Gasteiger partial charge in [-0.2, -0.15) is 8.42 Å². The third kappa shape index (κ3) is 5.79. The number of hydroxylamine groups is 1. The highest BCUT2D eigenvalue weighted by Crippen LogP contribution is 2.29. The number of anilines is 1. The number of benzene rings is 1. The average molecular weight is 342 g/mol. The summed E-state index contributed by atoms with van der Waals surface area (Å²) in [6.45, 7) is 11.5. The Balaban J connectivity index is 2.84. The van der Waals surface area contributed by atoms with Gasteiger partial charge in [0, 0.05) is 0 Å². The summed E-state index contributed by atoms with van der Waals surface area (Å²) in [5.74, 6) is -0.174. The van der Waals surface area contributed by atoms with Crippen molar-refractivity contribution in [2.24, 2.45) is 0 Å². The molecular formula is C17H28NO4S. The second-order valence-corrected chi connectivity index (χ2v) is 9.08. The topological polar surface area (TPSA) is 66.5 Å². The second-order valence-electron chi connectivity index (χ2n) is 7.32. The molecule has 6 heteroatoms. The standard InChI is InChI=1S/C17H28NO4S/c1-7-22-23(20,21)13-12-17(5,6)18(19)15-10-8-14(9-11-15)16(2,3)4/h8-11H,7,12-13H2,1-6H3. The van der Waals surface area contributed by atoms with E-state index in [2.05, 4.69) is 20.8 Å². The highest BCUT2D eigenvalue weighted by molar-refractivity contribution is 7.86. The van der Waals surface area contributed by atoms with E-state index in [9.17, 15) is 13.6 Å². The Bertz CT molecular complexity index is 600. The maximum absolute atomic E-state index is 12.6. The molecule has 23 heavy (non-hydrogen) atoms. The monoisotopic (exact) mass is 342 g/mol. The second kappa shape index (κ2) is 7.20. The van der Waals surface area contributed by atoms with Crippen LogP contribution in [0.15, 0.2) is 24.3 Å². The molecule has 1 radical (unpaired) electrons. The summed E-state index contributed by atoms with van der Waals surface area (Å²) in [4.78, 5) is 0. The largest absolute Gasteiger partial charge is 0.270 e. The Morgan fingerprint density at radius 3 is 2.00 bits per heavy atom. The van der Waals surface area contributed by atoms with E-state index in [0.29, 0.717) is 5.69 Å². The first-order valence-corrected chi connectivity index (χ1v) is 9.42. The van der Waals surface area contributed by atoms with Crippen molar-refractivity contribution in [1.29, 1.82) is 0 Å². The van der Waals surface area contributed by atoms with Gasteiger partial charge in [0.1, 0.15) is 0 Å². The minimum absolute atomic E-state index is 0.0212. The molecule has 0 saturated carbocycles. The molecule has 5 nitrogen and oxygen atoms in total. The first-order chi connectivity index (χ1) is 10.4. The molecule has 0 aliphatic carbocycles. The van der Waals surface area contributed by atoms with Gasteiger partial charge in [-0.25, -0.2) is 5.06 Å². The molecule has 0 aliphatic heterocycles. The van der Waals surface area contributed by atoms with Crippen LogP contribution in [0.5, 0.6) is 0 Å². The highest BCUT2D eigenvalue weighted by Gasteiger charge is 2.30. The Labute approximate surface area is 140 Å². The SMILES string of the molecule is CCOS(=O)(=O)CCC(C)(C)N([O])c1ccc(C(C)(C)C)cc1. The first-order valence-electron chi connectivity index (χ1n) is 7.84. The molecule has 0 spiro atoms. The maximum Gasteiger partial charge on any atom is 0.267 e. The van der Waals surface area contributed by atoms with Crippen molar-refractivity contribution in [3.63, 3.8) is 0 Å². The minimum Gasteiger partial charge on any atom is -0.270 e. The number of nitrogens with zero attached hydrogens (tertiary/aromatic N) is 1. The van der Waals surface area contributed by atoms with Crippen molar-refractivity contribution >= 4 is 15.8 Å². The zero-order chi connectivity index (χ0) is 17.9. The van der Waals surface area contributed by atoms with Crippen LogP contribution in [0, 0.1) is 0 Å². The highest BCUT2D eigenvalue weighted by atomic mass is 32.2. The fraction of sp³-hybridized carbons (Fsp3) is 0.647. The number of hydrogen-bond donors (Lipinski definition) is 0. The van der Waals surface area contributed by atoms with E-state index < -0.39 is 15.7 Å². The first kappa shape index (κ1) is 19.9. The fourth-order valence-corrected chi connectivity index (χ4v) is 3.39. The predicted octanol–water partition coefficient (Wildman–Crippen LogP) is 3.67. The summed E-state index contributed by atoms with van der Waals surface area (Å²) in [6, 6.07) is 7.44. The van der Waals surface area contributed by atoms with E-state index in [1.807, 2.05) is 12.1 Å². The van der Waals surface area contributed by atoms with E-state index in [-0.39, 0.29) is 24.2 Å². The molecule has 0 N–H and O–H groups in total. The molecule has 0 saturated heterocycles. The van der Waals surface area contributed by atoms with Crippen molar-refractivity contribution in [1.82, 2.24) is 0 Å². The summed E-state index contributed by atoms with van der Waals surface area (Å²) < 4.78 is 28.0. The molecule has 0 atom stereocenters. The van der Waals surface area contributed by atoms with Gasteiger partial charge in [0.15, 0.2) is 0 Å². The maximum atomic E-state index is 12.6. The van der Waals surface area contributed by atoms with Crippen LogP contribution in [0.3, 0.4) is 0 Å². The molecule has 1 rings (SSSR count). The Kier molecular flexibility index (Phi) is 6.24. The normalized spacial score (nSPS) is 13.2. The lowest BCUT2D eigenvalue weighted by Gasteiger charge is -2.33. The number of rotatable bonds is 7. The molecule has 1 aromatic rings. The summed E-state index contributed by atoms with van der Waals surface area (Å²) in [5.41, 5.74) is 0.851. The van der Waals surface area contributed by atoms with Crippen LogP contribution in [0.25, 0.3) is 0 Å². The van der Waals surface area contributed by atoms with Gasteiger partial charge >= 0.3 is 0 Å². The van der Waals surface area contributed by atoms with Crippen molar-refractivity contribution < 1.29 is 17.8 Å². The smallest absolute Gasteiger partial charge is 0.267 e. The van der Waals surface area contributed by atoms with Crippen molar-refractivity contribution in [3.8, 4) is 0 Å². The van der Waals surface area contributed by atoms with Crippen LogP contribution in [-0.2, 0) is 24.9 Å². The van der Waals surface area contributed by atoms with Crippen LogP contribution in [-0.4, -0.2) is 26.3 Å². The summed E-state index contributed by atoms with van der Waals surface area (Å²) in [5, 5.41) is 13.5. The third-order valence-electron chi connectivity index (χ3n) is 3.78. The minimum atomic E-state index is -3.57. The Hall–Kier alpha value is -1.11. The van der Waals surface area contributed by atoms with Gasteiger partial charge in [-0.3, -0.25) is 4.18 Å². The molecule has 1 aromatic carbocycles. The fourth-order valence-electron chi connectivity index (χ4n) is 2.16. The Morgan fingerprint density at radius 1 is 1.04 bits per heavy atom. The summed E-state index contributed by atoms with van der Waals surface area (Å²) >= 11 is 0.